The Bertz CT molecular complexity index is 433. The molecule has 1 aromatic heterocycles. The average Bonchev–Trinajstić information content (AvgIpc) is 2.29. The molecular formula is C9H8FNO. The first kappa shape index (κ1) is 7.28. The summed E-state index contributed by atoms with van der Waals surface area (Å²) in [7, 11) is 0. The number of halogens is 1. The average molecular weight is 165 g/mol. The lowest BCUT2D eigenvalue weighted by Gasteiger charge is -1.91. The largest absolute Gasteiger partial charge is 0.438 e. The Morgan fingerprint density at radius 2 is 2.08 bits per heavy atom. The number of fused-ring (bicyclic) bond motifs is 1. The summed E-state index contributed by atoms with van der Waals surface area (Å²) in [5.74, 6) is 0.153. The maximum absolute atomic E-state index is 13.1. The molecule has 2 rings (SSSR count). The summed E-state index contributed by atoms with van der Waals surface area (Å²) in [5.41, 5.74) is 1.69. The van der Waals surface area contributed by atoms with Gasteiger partial charge in [0.2, 0.25) is 0 Å². The Kier molecular flexibility index (Phi) is 1.40. The Balaban J connectivity index is 2.88. The number of rotatable bonds is 0. The van der Waals surface area contributed by atoms with Gasteiger partial charge in [-0.3, -0.25) is 0 Å². The molecule has 1 aromatic carbocycles. The van der Waals surface area contributed by atoms with Gasteiger partial charge in [0, 0.05) is 6.92 Å². The van der Waals surface area contributed by atoms with Crippen LogP contribution in [0.4, 0.5) is 4.39 Å². The van der Waals surface area contributed by atoms with Crippen molar-refractivity contribution in [2.75, 3.05) is 0 Å². The van der Waals surface area contributed by atoms with Crippen LogP contribution in [0.3, 0.4) is 0 Å². The first-order valence-corrected chi connectivity index (χ1v) is 3.70. The third-order valence-corrected chi connectivity index (χ3v) is 1.70. The van der Waals surface area contributed by atoms with Crippen molar-refractivity contribution >= 4 is 11.1 Å². The van der Waals surface area contributed by atoms with Gasteiger partial charge < -0.3 is 4.42 Å². The minimum absolute atomic E-state index is 0.248. The number of aryl methyl sites for hydroxylation is 2. The first-order chi connectivity index (χ1) is 5.66. The minimum atomic E-state index is -0.342. The smallest absolute Gasteiger partial charge is 0.192 e. The van der Waals surface area contributed by atoms with E-state index in [0.717, 1.165) is 5.56 Å². The maximum atomic E-state index is 13.1. The highest BCUT2D eigenvalue weighted by molar-refractivity contribution is 5.74. The summed E-state index contributed by atoms with van der Waals surface area (Å²) in [4.78, 5) is 4.03. The summed E-state index contributed by atoms with van der Waals surface area (Å²) in [6.45, 7) is 3.53. The lowest BCUT2D eigenvalue weighted by molar-refractivity contribution is 0.528. The van der Waals surface area contributed by atoms with Crippen molar-refractivity contribution in [2.45, 2.75) is 13.8 Å². The summed E-state index contributed by atoms with van der Waals surface area (Å²) < 4.78 is 18.2. The summed E-state index contributed by atoms with van der Waals surface area (Å²) >= 11 is 0. The zero-order valence-corrected chi connectivity index (χ0v) is 6.89. The van der Waals surface area contributed by atoms with Gasteiger partial charge in [-0.15, -0.1) is 0 Å². The quantitative estimate of drug-likeness (QED) is 0.599. The predicted octanol–water partition coefficient (Wildman–Crippen LogP) is 2.58. The van der Waals surface area contributed by atoms with Gasteiger partial charge >= 0.3 is 0 Å². The van der Waals surface area contributed by atoms with Crippen LogP contribution in [0.2, 0.25) is 0 Å². The molecule has 0 fully saturated rings. The Morgan fingerprint density at radius 3 is 2.83 bits per heavy atom. The van der Waals surface area contributed by atoms with Crippen LogP contribution < -0.4 is 0 Å². The lowest BCUT2D eigenvalue weighted by atomic mass is 10.2. The fraction of sp³-hybridized carbons (Fsp3) is 0.222. The second-order valence-electron chi connectivity index (χ2n) is 2.83. The molecule has 2 nitrogen and oxygen atoms in total. The molecule has 0 bridgehead atoms. The van der Waals surface area contributed by atoms with Gasteiger partial charge in [-0.1, -0.05) is 0 Å². The van der Waals surface area contributed by atoms with E-state index < -0.39 is 0 Å². The molecule has 0 N–H and O–H groups in total. The van der Waals surface area contributed by atoms with Crippen molar-refractivity contribution in [1.29, 1.82) is 0 Å². The molecule has 0 radical (unpaired) electrons. The van der Waals surface area contributed by atoms with Crippen LogP contribution >= 0.6 is 0 Å². The molecule has 1 heterocycles. The van der Waals surface area contributed by atoms with Crippen molar-refractivity contribution in [3.8, 4) is 0 Å². The molecule has 0 aliphatic carbocycles. The molecular weight excluding hydrogens is 157 g/mol. The van der Waals surface area contributed by atoms with Gasteiger partial charge in [-0.05, 0) is 24.6 Å². The van der Waals surface area contributed by atoms with Gasteiger partial charge in [0.05, 0.1) is 0 Å². The number of aromatic nitrogens is 1. The minimum Gasteiger partial charge on any atom is -0.438 e. The highest BCUT2D eigenvalue weighted by atomic mass is 19.1. The molecule has 0 saturated heterocycles. The molecule has 0 aliphatic rings. The molecule has 0 unspecified atom stereocenters. The lowest BCUT2D eigenvalue weighted by Crippen LogP contribution is -1.78. The van der Waals surface area contributed by atoms with E-state index in [1.165, 1.54) is 6.07 Å². The van der Waals surface area contributed by atoms with E-state index in [2.05, 4.69) is 4.98 Å². The van der Waals surface area contributed by atoms with E-state index in [1.807, 2.05) is 6.92 Å². The molecule has 62 valence electrons. The first-order valence-electron chi connectivity index (χ1n) is 3.70. The molecule has 0 amide bonds. The van der Waals surface area contributed by atoms with Gasteiger partial charge in [-0.25, -0.2) is 9.37 Å². The number of hydrogen-bond acceptors (Lipinski definition) is 2. The highest BCUT2D eigenvalue weighted by Crippen LogP contribution is 2.19. The molecule has 3 heteroatoms. The monoisotopic (exact) mass is 165 g/mol. The predicted molar refractivity (Wildman–Crippen MR) is 43.4 cm³/mol. The Labute approximate surface area is 69.0 Å². The third-order valence-electron chi connectivity index (χ3n) is 1.70. The van der Waals surface area contributed by atoms with Crippen LogP contribution in [0.1, 0.15) is 11.5 Å². The van der Waals surface area contributed by atoms with Crippen molar-refractivity contribution in [3.05, 3.63) is 29.4 Å². The highest BCUT2D eigenvalue weighted by Gasteiger charge is 2.07. The zero-order valence-electron chi connectivity index (χ0n) is 6.89. The van der Waals surface area contributed by atoms with E-state index in [-0.39, 0.29) is 11.4 Å². The van der Waals surface area contributed by atoms with Crippen LogP contribution in [0, 0.1) is 19.7 Å². The number of hydrogen-bond donors (Lipinski definition) is 0. The Hall–Kier alpha value is -1.38. The molecule has 0 spiro atoms. The fourth-order valence-corrected chi connectivity index (χ4v) is 1.23. The van der Waals surface area contributed by atoms with Crippen LogP contribution in [0.15, 0.2) is 16.5 Å². The van der Waals surface area contributed by atoms with Crippen LogP contribution in [-0.4, -0.2) is 4.98 Å². The topological polar surface area (TPSA) is 26.0 Å². The molecule has 0 aliphatic heterocycles. The second kappa shape index (κ2) is 2.30. The zero-order chi connectivity index (χ0) is 8.72. The summed E-state index contributed by atoms with van der Waals surface area (Å²) in [5, 5.41) is 0. The standard InChI is InChI=1S/C9H8FNO/c1-5-3-7(10)9-8(4-5)11-6(2)12-9/h3-4H,1-2H3. The number of nitrogens with zero attached hydrogens (tertiary/aromatic N) is 1. The second-order valence-corrected chi connectivity index (χ2v) is 2.83. The number of oxazole rings is 1. The van der Waals surface area contributed by atoms with Gasteiger partial charge in [0.15, 0.2) is 17.3 Å². The summed E-state index contributed by atoms with van der Waals surface area (Å²) in [6, 6.07) is 3.24. The van der Waals surface area contributed by atoms with E-state index >= 15 is 0 Å². The maximum Gasteiger partial charge on any atom is 0.192 e. The van der Waals surface area contributed by atoms with E-state index in [4.69, 9.17) is 4.42 Å². The van der Waals surface area contributed by atoms with Gasteiger partial charge in [0.25, 0.3) is 0 Å². The fourth-order valence-electron chi connectivity index (χ4n) is 1.23. The van der Waals surface area contributed by atoms with Crippen molar-refractivity contribution in [1.82, 2.24) is 4.98 Å². The van der Waals surface area contributed by atoms with E-state index in [9.17, 15) is 4.39 Å². The van der Waals surface area contributed by atoms with Gasteiger partial charge in [-0.2, -0.15) is 0 Å². The normalized spacial score (nSPS) is 10.9. The molecule has 0 saturated carbocycles. The SMILES string of the molecule is Cc1cc(F)c2oc(C)nc2c1. The Morgan fingerprint density at radius 1 is 1.33 bits per heavy atom. The molecule has 0 atom stereocenters. The molecule has 12 heavy (non-hydrogen) atoms. The number of benzene rings is 1. The van der Waals surface area contributed by atoms with Crippen molar-refractivity contribution < 1.29 is 8.81 Å². The van der Waals surface area contributed by atoms with Crippen molar-refractivity contribution in [3.63, 3.8) is 0 Å². The third kappa shape index (κ3) is 0.978. The van der Waals surface area contributed by atoms with Gasteiger partial charge in [0.1, 0.15) is 5.52 Å². The summed E-state index contributed by atoms with van der Waals surface area (Å²) in [6.07, 6.45) is 0. The molecule has 2 aromatic rings. The van der Waals surface area contributed by atoms with Crippen molar-refractivity contribution in [2.24, 2.45) is 0 Å². The van der Waals surface area contributed by atoms with E-state index in [1.54, 1.807) is 13.0 Å². The van der Waals surface area contributed by atoms with Crippen LogP contribution in [-0.2, 0) is 0 Å². The van der Waals surface area contributed by atoms with Crippen LogP contribution in [0.25, 0.3) is 11.1 Å². The van der Waals surface area contributed by atoms with Crippen LogP contribution in [0.5, 0.6) is 0 Å². The van der Waals surface area contributed by atoms with E-state index in [0.29, 0.717) is 11.4 Å².